The molecular weight excluding hydrogens is 414 g/mol. The molecule has 0 spiro atoms. The van der Waals surface area contributed by atoms with Crippen LogP contribution in [0.3, 0.4) is 0 Å². The van der Waals surface area contributed by atoms with Gasteiger partial charge in [0.15, 0.2) is 0 Å². The Morgan fingerprint density at radius 1 is 1.09 bits per heavy atom. The van der Waals surface area contributed by atoms with Gasteiger partial charge in [-0.25, -0.2) is 0 Å². The van der Waals surface area contributed by atoms with E-state index in [9.17, 15) is 9.59 Å². The van der Waals surface area contributed by atoms with E-state index in [-0.39, 0.29) is 11.8 Å². The Morgan fingerprint density at radius 2 is 1.88 bits per heavy atom. The Bertz CT molecular complexity index is 1110. The van der Waals surface area contributed by atoms with E-state index in [0.717, 1.165) is 22.4 Å². The van der Waals surface area contributed by atoms with E-state index in [1.165, 1.54) is 6.08 Å². The number of ether oxygens (including phenoxy) is 1. The molecule has 2 N–H and O–H groups in total. The second-order valence-corrected chi connectivity index (χ2v) is 8.18. The summed E-state index contributed by atoms with van der Waals surface area (Å²) in [6.07, 6.45) is 6.72. The van der Waals surface area contributed by atoms with Crippen LogP contribution in [0.2, 0.25) is 0 Å². The molecule has 0 aliphatic rings. The number of hydrogen-bond donors (Lipinski definition) is 2. The van der Waals surface area contributed by atoms with Crippen LogP contribution in [-0.4, -0.2) is 23.3 Å². The second-order valence-electron chi connectivity index (χ2n) is 8.18. The molecule has 3 rings (SSSR count). The maximum absolute atomic E-state index is 12.4. The quantitative estimate of drug-likeness (QED) is 0.456. The molecule has 170 valence electrons. The van der Waals surface area contributed by atoms with Crippen LogP contribution in [0.25, 0.3) is 6.08 Å². The number of benzene rings is 2. The molecule has 0 atom stereocenters. The van der Waals surface area contributed by atoms with Gasteiger partial charge in [-0.1, -0.05) is 32.0 Å². The predicted octanol–water partition coefficient (Wildman–Crippen LogP) is 5.01. The number of rotatable bonds is 9. The molecule has 0 bridgehead atoms. The smallest absolute Gasteiger partial charge is 0.251 e. The Kier molecular flexibility index (Phi) is 8.36. The van der Waals surface area contributed by atoms with Crippen LogP contribution in [0.4, 0.5) is 5.69 Å². The number of aryl methyl sites for hydroxylation is 1. The molecule has 0 saturated heterocycles. The van der Waals surface area contributed by atoms with Crippen LogP contribution in [0.1, 0.15) is 40.9 Å². The molecule has 1 heterocycles. The number of anilines is 1. The van der Waals surface area contributed by atoms with Crippen molar-refractivity contribution in [1.29, 1.82) is 0 Å². The van der Waals surface area contributed by atoms with Crippen molar-refractivity contribution in [3.8, 4) is 5.75 Å². The summed E-state index contributed by atoms with van der Waals surface area (Å²) < 4.78 is 5.75. The van der Waals surface area contributed by atoms with Crippen molar-refractivity contribution in [2.45, 2.75) is 27.4 Å². The standard InChI is InChI=1S/C27H29N3O3/c1-19(2)16-29-27(32)23-9-12-25(20(3)15-23)30-26(31)13-8-21-6-10-24(11-7-21)33-18-22-5-4-14-28-17-22/h4-15,17,19H,16,18H2,1-3H3,(H,29,32)(H,30,31)/b13-8+. The molecule has 6 heteroatoms. The van der Waals surface area contributed by atoms with Gasteiger partial charge >= 0.3 is 0 Å². The van der Waals surface area contributed by atoms with Crippen molar-refractivity contribution < 1.29 is 14.3 Å². The SMILES string of the molecule is Cc1cc(C(=O)NCC(C)C)ccc1NC(=O)/C=C/c1ccc(OCc2cccnc2)cc1. The lowest BCUT2D eigenvalue weighted by Gasteiger charge is -2.11. The summed E-state index contributed by atoms with van der Waals surface area (Å²) in [6, 6.07) is 16.6. The second kappa shape index (κ2) is 11.6. The Balaban J connectivity index is 1.52. The number of pyridine rings is 1. The van der Waals surface area contributed by atoms with Crippen LogP contribution in [-0.2, 0) is 11.4 Å². The van der Waals surface area contributed by atoms with Crippen LogP contribution >= 0.6 is 0 Å². The number of nitrogens with one attached hydrogen (secondary N) is 2. The van der Waals surface area contributed by atoms with Gasteiger partial charge in [0.05, 0.1) is 0 Å². The lowest BCUT2D eigenvalue weighted by molar-refractivity contribution is -0.111. The minimum Gasteiger partial charge on any atom is -0.489 e. The van der Waals surface area contributed by atoms with Crippen LogP contribution in [0.5, 0.6) is 5.75 Å². The molecule has 0 saturated carbocycles. The lowest BCUT2D eigenvalue weighted by Crippen LogP contribution is -2.27. The van der Waals surface area contributed by atoms with Crippen molar-refractivity contribution >= 4 is 23.6 Å². The van der Waals surface area contributed by atoms with E-state index in [1.807, 2.05) is 57.2 Å². The zero-order valence-corrected chi connectivity index (χ0v) is 19.2. The molecule has 3 aromatic rings. The Morgan fingerprint density at radius 3 is 2.55 bits per heavy atom. The zero-order chi connectivity index (χ0) is 23.6. The van der Waals surface area contributed by atoms with Gasteiger partial charge in [0.25, 0.3) is 5.91 Å². The first-order chi connectivity index (χ1) is 15.9. The molecule has 0 aliphatic carbocycles. The summed E-state index contributed by atoms with van der Waals surface area (Å²) in [5.74, 6) is 0.772. The van der Waals surface area contributed by atoms with Crippen molar-refractivity contribution in [2.24, 2.45) is 5.92 Å². The van der Waals surface area contributed by atoms with Gasteiger partial charge in [0.1, 0.15) is 12.4 Å². The van der Waals surface area contributed by atoms with Crippen molar-refractivity contribution in [1.82, 2.24) is 10.3 Å². The third-order valence-electron chi connectivity index (χ3n) is 4.85. The third kappa shape index (κ3) is 7.61. The number of nitrogens with zero attached hydrogens (tertiary/aromatic N) is 1. The lowest BCUT2D eigenvalue weighted by atomic mass is 10.1. The normalized spacial score (nSPS) is 10.9. The van der Waals surface area contributed by atoms with Gasteiger partial charge in [0, 0.05) is 41.8 Å². The molecule has 2 aromatic carbocycles. The highest BCUT2D eigenvalue weighted by molar-refractivity contribution is 6.03. The van der Waals surface area contributed by atoms with E-state index < -0.39 is 0 Å². The molecule has 0 unspecified atom stereocenters. The monoisotopic (exact) mass is 443 g/mol. The first-order valence-electron chi connectivity index (χ1n) is 10.9. The first kappa shape index (κ1) is 23.7. The summed E-state index contributed by atoms with van der Waals surface area (Å²) in [5, 5.41) is 5.75. The van der Waals surface area contributed by atoms with Crippen LogP contribution in [0.15, 0.2) is 73.1 Å². The van der Waals surface area contributed by atoms with Gasteiger partial charge in [-0.05, 0) is 66.4 Å². The highest BCUT2D eigenvalue weighted by Crippen LogP contribution is 2.18. The van der Waals surface area contributed by atoms with E-state index in [2.05, 4.69) is 15.6 Å². The average Bonchev–Trinajstić information content (AvgIpc) is 2.82. The molecule has 6 nitrogen and oxygen atoms in total. The summed E-state index contributed by atoms with van der Waals surface area (Å²) in [6.45, 7) is 7.03. The molecule has 0 radical (unpaired) electrons. The summed E-state index contributed by atoms with van der Waals surface area (Å²) in [5.41, 5.74) is 3.95. The molecule has 0 aliphatic heterocycles. The van der Waals surface area contributed by atoms with Crippen molar-refractivity contribution in [2.75, 3.05) is 11.9 Å². The topological polar surface area (TPSA) is 80.3 Å². The van der Waals surface area contributed by atoms with E-state index in [4.69, 9.17) is 4.74 Å². The molecular formula is C27H29N3O3. The van der Waals surface area contributed by atoms with Gasteiger partial charge in [-0.2, -0.15) is 0 Å². The fourth-order valence-corrected chi connectivity index (χ4v) is 3.02. The van der Waals surface area contributed by atoms with Crippen LogP contribution in [0, 0.1) is 12.8 Å². The zero-order valence-electron chi connectivity index (χ0n) is 19.2. The largest absolute Gasteiger partial charge is 0.489 e. The fraction of sp³-hybridized carbons (Fsp3) is 0.222. The van der Waals surface area contributed by atoms with Gasteiger partial charge in [0.2, 0.25) is 5.91 Å². The van der Waals surface area contributed by atoms with Gasteiger partial charge < -0.3 is 15.4 Å². The minimum atomic E-state index is -0.244. The van der Waals surface area contributed by atoms with Crippen molar-refractivity contribution in [3.63, 3.8) is 0 Å². The molecule has 2 amide bonds. The first-order valence-corrected chi connectivity index (χ1v) is 10.9. The maximum Gasteiger partial charge on any atom is 0.251 e. The maximum atomic E-state index is 12.4. The molecule has 33 heavy (non-hydrogen) atoms. The van der Waals surface area contributed by atoms with Crippen molar-refractivity contribution in [3.05, 3.63) is 95.3 Å². The average molecular weight is 444 g/mol. The summed E-state index contributed by atoms with van der Waals surface area (Å²) in [7, 11) is 0. The van der Waals surface area contributed by atoms with E-state index in [1.54, 1.807) is 36.7 Å². The number of carbonyl (C=O) groups is 2. The highest BCUT2D eigenvalue weighted by atomic mass is 16.5. The number of aromatic nitrogens is 1. The van der Waals surface area contributed by atoms with Crippen LogP contribution < -0.4 is 15.4 Å². The highest BCUT2D eigenvalue weighted by Gasteiger charge is 2.09. The fourth-order valence-electron chi connectivity index (χ4n) is 3.02. The Hall–Kier alpha value is -3.93. The number of carbonyl (C=O) groups excluding carboxylic acids is 2. The summed E-state index contributed by atoms with van der Waals surface area (Å²) in [4.78, 5) is 28.6. The summed E-state index contributed by atoms with van der Waals surface area (Å²) >= 11 is 0. The van der Waals surface area contributed by atoms with E-state index in [0.29, 0.717) is 30.3 Å². The molecule has 1 aromatic heterocycles. The Labute approximate surface area is 194 Å². The number of amides is 2. The van der Waals surface area contributed by atoms with E-state index >= 15 is 0 Å². The number of hydrogen-bond acceptors (Lipinski definition) is 4. The minimum absolute atomic E-state index is 0.113. The predicted molar refractivity (Wildman–Crippen MR) is 131 cm³/mol. The third-order valence-corrected chi connectivity index (χ3v) is 4.85. The molecule has 0 fully saturated rings. The van der Waals surface area contributed by atoms with Gasteiger partial charge in [-0.3, -0.25) is 14.6 Å². The van der Waals surface area contributed by atoms with Gasteiger partial charge in [-0.15, -0.1) is 0 Å².